The third-order valence-electron chi connectivity index (χ3n) is 4.04. The van der Waals surface area contributed by atoms with Crippen molar-refractivity contribution in [2.75, 3.05) is 13.1 Å². The zero-order valence-electron chi connectivity index (χ0n) is 13.2. The molecule has 4 nitrogen and oxygen atoms in total. The largest absolute Gasteiger partial charge is 0.355 e. The van der Waals surface area contributed by atoms with E-state index in [1.807, 2.05) is 0 Å². The summed E-state index contributed by atoms with van der Waals surface area (Å²) in [5.74, 6) is 1.16. The van der Waals surface area contributed by atoms with E-state index in [1.165, 1.54) is 5.01 Å². The van der Waals surface area contributed by atoms with Gasteiger partial charge >= 0.3 is 0 Å². The normalized spacial score (nSPS) is 20.4. The molecule has 0 spiro atoms. The van der Waals surface area contributed by atoms with E-state index in [0.29, 0.717) is 24.9 Å². The van der Waals surface area contributed by atoms with Gasteiger partial charge in [-0.15, -0.1) is 36.2 Å². The Bertz CT molecular complexity index is 454. The molecule has 128 valence electrons. The molecule has 1 aromatic rings. The minimum atomic E-state index is 0. The molecule has 1 saturated carbocycles. The Morgan fingerprint density at radius 3 is 2.77 bits per heavy atom. The second kappa shape index (κ2) is 10.4. The van der Waals surface area contributed by atoms with Crippen molar-refractivity contribution in [1.29, 1.82) is 0 Å². The standard InChI is InChI=1S/C15H25N3OS.2ClH/c1-10(2)15-18-12(9-20-15)6-7-17-14(19)13-5-3-4-11(13)8-16;;/h9-11,13H,3-8,16H2,1-2H3,(H,17,19);2*1H/t11-,13-;;/m1../s1. The minimum Gasteiger partial charge on any atom is -0.355 e. The van der Waals surface area contributed by atoms with Crippen molar-refractivity contribution in [1.82, 2.24) is 10.3 Å². The number of nitrogens with one attached hydrogen (secondary N) is 1. The zero-order chi connectivity index (χ0) is 14.5. The van der Waals surface area contributed by atoms with Crippen LogP contribution in [0.15, 0.2) is 5.38 Å². The Balaban J connectivity index is 0.00000220. The van der Waals surface area contributed by atoms with Crippen molar-refractivity contribution in [3.8, 4) is 0 Å². The summed E-state index contributed by atoms with van der Waals surface area (Å²) in [6.45, 7) is 5.60. The lowest BCUT2D eigenvalue weighted by atomic mass is 9.95. The molecule has 0 unspecified atom stereocenters. The molecule has 1 fully saturated rings. The van der Waals surface area contributed by atoms with Crippen LogP contribution in [0.3, 0.4) is 0 Å². The second-order valence-electron chi connectivity index (χ2n) is 5.91. The molecule has 1 aliphatic rings. The molecule has 1 amide bonds. The SMILES string of the molecule is CC(C)c1nc(CCNC(=O)[C@@H]2CCC[C@@H]2CN)cs1.Cl.Cl. The predicted octanol–water partition coefficient (Wildman–Crippen LogP) is 3.14. The summed E-state index contributed by atoms with van der Waals surface area (Å²) in [6.07, 6.45) is 4.03. The van der Waals surface area contributed by atoms with E-state index < -0.39 is 0 Å². The van der Waals surface area contributed by atoms with Crippen LogP contribution in [0.25, 0.3) is 0 Å². The summed E-state index contributed by atoms with van der Waals surface area (Å²) in [4.78, 5) is 16.7. The lowest BCUT2D eigenvalue weighted by molar-refractivity contribution is -0.125. The highest BCUT2D eigenvalue weighted by molar-refractivity contribution is 7.09. The number of nitrogens with zero attached hydrogens (tertiary/aromatic N) is 1. The van der Waals surface area contributed by atoms with Gasteiger partial charge in [-0.1, -0.05) is 20.3 Å². The highest BCUT2D eigenvalue weighted by Crippen LogP contribution is 2.30. The smallest absolute Gasteiger partial charge is 0.223 e. The summed E-state index contributed by atoms with van der Waals surface area (Å²) in [7, 11) is 0. The van der Waals surface area contributed by atoms with Gasteiger partial charge in [-0.25, -0.2) is 4.98 Å². The number of thiazole rings is 1. The Morgan fingerprint density at radius 2 is 2.18 bits per heavy atom. The third-order valence-corrected chi connectivity index (χ3v) is 5.24. The maximum atomic E-state index is 12.1. The fraction of sp³-hybridized carbons (Fsp3) is 0.733. The van der Waals surface area contributed by atoms with Gasteiger partial charge in [-0.05, 0) is 25.3 Å². The number of nitrogens with two attached hydrogens (primary N) is 1. The van der Waals surface area contributed by atoms with E-state index in [0.717, 1.165) is 31.4 Å². The third kappa shape index (κ3) is 5.69. The quantitative estimate of drug-likeness (QED) is 0.811. The van der Waals surface area contributed by atoms with Gasteiger partial charge in [0.1, 0.15) is 0 Å². The van der Waals surface area contributed by atoms with E-state index in [1.54, 1.807) is 11.3 Å². The molecule has 7 heteroatoms. The number of carbonyl (C=O) groups excluding carboxylic acids is 1. The first-order valence-corrected chi connectivity index (χ1v) is 8.41. The van der Waals surface area contributed by atoms with Gasteiger partial charge in [0.25, 0.3) is 0 Å². The van der Waals surface area contributed by atoms with E-state index in [-0.39, 0.29) is 36.6 Å². The molecule has 1 aliphatic carbocycles. The van der Waals surface area contributed by atoms with Crippen molar-refractivity contribution < 1.29 is 4.79 Å². The number of hydrogen-bond acceptors (Lipinski definition) is 4. The van der Waals surface area contributed by atoms with Crippen molar-refractivity contribution in [2.45, 2.75) is 45.4 Å². The van der Waals surface area contributed by atoms with Crippen molar-refractivity contribution in [3.63, 3.8) is 0 Å². The molecule has 2 rings (SSSR count). The molecule has 0 saturated heterocycles. The van der Waals surface area contributed by atoms with Gasteiger partial charge in [-0.3, -0.25) is 4.79 Å². The number of amides is 1. The zero-order valence-corrected chi connectivity index (χ0v) is 15.7. The minimum absolute atomic E-state index is 0. The second-order valence-corrected chi connectivity index (χ2v) is 6.80. The lowest BCUT2D eigenvalue weighted by Crippen LogP contribution is -2.36. The number of hydrogen-bond donors (Lipinski definition) is 2. The summed E-state index contributed by atoms with van der Waals surface area (Å²) < 4.78 is 0. The lowest BCUT2D eigenvalue weighted by Gasteiger charge is -2.17. The molecule has 0 aliphatic heterocycles. The molecule has 3 N–H and O–H groups in total. The Hall–Kier alpha value is -0.360. The van der Waals surface area contributed by atoms with Crippen LogP contribution in [0.1, 0.15) is 49.7 Å². The fourth-order valence-corrected chi connectivity index (χ4v) is 3.68. The maximum absolute atomic E-state index is 12.1. The Labute approximate surface area is 149 Å². The Morgan fingerprint density at radius 1 is 1.45 bits per heavy atom. The average Bonchev–Trinajstić information content (AvgIpc) is 3.07. The first kappa shape index (κ1) is 21.6. The summed E-state index contributed by atoms with van der Waals surface area (Å²) in [6, 6.07) is 0. The topological polar surface area (TPSA) is 68.0 Å². The number of halogens is 2. The molecule has 0 radical (unpaired) electrons. The van der Waals surface area contributed by atoms with Crippen LogP contribution in [-0.4, -0.2) is 24.0 Å². The van der Waals surface area contributed by atoms with Crippen LogP contribution in [0.2, 0.25) is 0 Å². The van der Waals surface area contributed by atoms with Crippen LogP contribution in [0.5, 0.6) is 0 Å². The molecule has 2 atom stereocenters. The Kier molecular flexibility index (Phi) is 10.3. The monoisotopic (exact) mass is 367 g/mol. The van der Waals surface area contributed by atoms with Crippen molar-refractivity contribution >= 4 is 42.1 Å². The molecule has 0 bridgehead atoms. The number of carbonyl (C=O) groups is 1. The molecule has 22 heavy (non-hydrogen) atoms. The number of aromatic nitrogens is 1. The summed E-state index contributed by atoms with van der Waals surface area (Å²) >= 11 is 1.71. The van der Waals surface area contributed by atoms with Gasteiger partial charge in [0.15, 0.2) is 0 Å². The molecular weight excluding hydrogens is 341 g/mol. The van der Waals surface area contributed by atoms with E-state index in [9.17, 15) is 4.79 Å². The van der Waals surface area contributed by atoms with E-state index in [2.05, 4.69) is 29.5 Å². The summed E-state index contributed by atoms with van der Waals surface area (Å²) in [5.41, 5.74) is 6.81. The number of rotatable bonds is 6. The van der Waals surface area contributed by atoms with Crippen molar-refractivity contribution in [2.24, 2.45) is 17.6 Å². The van der Waals surface area contributed by atoms with E-state index in [4.69, 9.17) is 5.73 Å². The highest BCUT2D eigenvalue weighted by atomic mass is 35.5. The summed E-state index contributed by atoms with van der Waals surface area (Å²) in [5, 5.41) is 6.31. The van der Waals surface area contributed by atoms with Gasteiger partial charge in [-0.2, -0.15) is 0 Å². The molecule has 1 aromatic heterocycles. The fourth-order valence-electron chi connectivity index (χ4n) is 2.81. The van der Waals surface area contributed by atoms with Gasteiger partial charge < -0.3 is 11.1 Å². The maximum Gasteiger partial charge on any atom is 0.223 e. The van der Waals surface area contributed by atoms with E-state index >= 15 is 0 Å². The van der Waals surface area contributed by atoms with Crippen LogP contribution >= 0.6 is 36.2 Å². The van der Waals surface area contributed by atoms with Crippen LogP contribution in [0, 0.1) is 11.8 Å². The van der Waals surface area contributed by atoms with Gasteiger partial charge in [0, 0.05) is 30.2 Å². The first-order chi connectivity index (χ1) is 9.61. The highest BCUT2D eigenvalue weighted by Gasteiger charge is 2.31. The van der Waals surface area contributed by atoms with Gasteiger partial charge in [0.05, 0.1) is 10.7 Å². The molecule has 0 aromatic carbocycles. The molecular formula is C15H27Cl2N3OS. The first-order valence-electron chi connectivity index (χ1n) is 7.54. The van der Waals surface area contributed by atoms with Gasteiger partial charge in [0.2, 0.25) is 5.91 Å². The van der Waals surface area contributed by atoms with Crippen LogP contribution in [0.4, 0.5) is 0 Å². The predicted molar refractivity (Wildman–Crippen MR) is 97.3 cm³/mol. The van der Waals surface area contributed by atoms with Crippen LogP contribution < -0.4 is 11.1 Å². The average molecular weight is 368 g/mol. The van der Waals surface area contributed by atoms with Crippen molar-refractivity contribution in [3.05, 3.63) is 16.1 Å². The molecule has 1 heterocycles. The van der Waals surface area contributed by atoms with Crippen LogP contribution in [-0.2, 0) is 11.2 Å².